The minimum absolute atomic E-state index is 0.0577. The van der Waals surface area contributed by atoms with Crippen molar-refractivity contribution in [3.05, 3.63) is 0 Å². The SMILES string of the molecule is CCN(CC(=O)N(C)C)C(=O)C(CN)OC. The first-order valence-corrected chi connectivity index (χ1v) is 5.19. The van der Waals surface area contributed by atoms with Crippen LogP contribution < -0.4 is 5.73 Å². The monoisotopic (exact) mass is 231 g/mol. The number of hydrogen-bond donors (Lipinski definition) is 1. The van der Waals surface area contributed by atoms with Crippen molar-refractivity contribution in [1.29, 1.82) is 0 Å². The maximum atomic E-state index is 11.8. The predicted molar refractivity (Wildman–Crippen MR) is 60.8 cm³/mol. The molecule has 94 valence electrons. The van der Waals surface area contributed by atoms with E-state index in [9.17, 15) is 9.59 Å². The van der Waals surface area contributed by atoms with Crippen LogP contribution in [0.2, 0.25) is 0 Å². The number of hydrogen-bond acceptors (Lipinski definition) is 4. The third kappa shape index (κ3) is 4.16. The van der Waals surface area contributed by atoms with E-state index in [4.69, 9.17) is 10.5 Å². The molecular formula is C10H21N3O3. The third-order valence-corrected chi connectivity index (χ3v) is 2.29. The number of methoxy groups -OCH3 is 1. The molecule has 6 nitrogen and oxygen atoms in total. The van der Waals surface area contributed by atoms with Gasteiger partial charge in [0, 0.05) is 34.3 Å². The average Bonchev–Trinajstić information content (AvgIpc) is 2.26. The summed E-state index contributed by atoms with van der Waals surface area (Å²) in [5.41, 5.74) is 5.40. The van der Waals surface area contributed by atoms with Crippen molar-refractivity contribution in [2.45, 2.75) is 13.0 Å². The fraction of sp³-hybridized carbons (Fsp3) is 0.800. The van der Waals surface area contributed by atoms with Gasteiger partial charge in [0.25, 0.3) is 5.91 Å². The number of amides is 2. The zero-order valence-electron chi connectivity index (χ0n) is 10.4. The zero-order valence-corrected chi connectivity index (χ0v) is 10.4. The van der Waals surface area contributed by atoms with Crippen molar-refractivity contribution < 1.29 is 14.3 Å². The molecule has 16 heavy (non-hydrogen) atoms. The van der Waals surface area contributed by atoms with E-state index in [1.54, 1.807) is 14.1 Å². The number of carbonyl (C=O) groups excluding carboxylic acids is 2. The van der Waals surface area contributed by atoms with E-state index in [2.05, 4.69) is 0 Å². The molecular weight excluding hydrogens is 210 g/mol. The van der Waals surface area contributed by atoms with E-state index in [0.717, 1.165) is 0 Å². The van der Waals surface area contributed by atoms with Crippen LogP contribution in [0.5, 0.6) is 0 Å². The van der Waals surface area contributed by atoms with E-state index in [1.807, 2.05) is 6.92 Å². The van der Waals surface area contributed by atoms with Gasteiger partial charge in [-0.25, -0.2) is 0 Å². The van der Waals surface area contributed by atoms with Crippen LogP contribution in [0.1, 0.15) is 6.92 Å². The largest absolute Gasteiger partial charge is 0.370 e. The number of ether oxygens (including phenoxy) is 1. The van der Waals surface area contributed by atoms with E-state index < -0.39 is 6.10 Å². The second-order valence-electron chi connectivity index (χ2n) is 3.60. The molecule has 0 aromatic heterocycles. The summed E-state index contributed by atoms with van der Waals surface area (Å²) in [5, 5.41) is 0. The Morgan fingerprint density at radius 1 is 1.38 bits per heavy atom. The Labute approximate surface area is 96.3 Å². The van der Waals surface area contributed by atoms with E-state index in [1.165, 1.54) is 16.9 Å². The first kappa shape index (κ1) is 14.9. The number of nitrogens with zero attached hydrogens (tertiary/aromatic N) is 2. The summed E-state index contributed by atoms with van der Waals surface area (Å²) in [5.74, 6) is -0.371. The summed E-state index contributed by atoms with van der Waals surface area (Å²) >= 11 is 0. The van der Waals surface area contributed by atoms with Gasteiger partial charge in [-0.3, -0.25) is 9.59 Å². The topological polar surface area (TPSA) is 75.9 Å². The van der Waals surface area contributed by atoms with Gasteiger partial charge in [-0.1, -0.05) is 0 Å². The van der Waals surface area contributed by atoms with Gasteiger partial charge < -0.3 is 20.3 Å². The van der Waals surface area contributed by atoms with Crippen LogP contribution in [0.4, 0.5) is 0 Å². The van der Waals surface area contributed by atoms with Crippen molar-refractivity contribution in [1.82, 2.24) is 9.80 Å². The van der Waals surface area contributed by atoms with Crippen LogP contribution in [-0.4, -0.2) is 68.6 Å². The first-order chi connectivity index (χ1) is 7.47. The van der Waals surface area contributed by atoms with Crippen molar-refractivity contribution in [3.8, 4) is 0 Å². The number of nitrogens with two attached hydrogens (primary N) is 1. The average molecular weight is 231 g/mol. The van der Waals surface area contributed by atoms with Gasteiger partial charge in [0.2, 0.25) is 5.91 Å². The van der Waals surface area contributed by atoms with Gasteiger partial charge in [-0.2, -0.15) is 0 Å². The highest BCUT2D eigenvalue weighted by atomic mass is 16.5. The Hall–Kier alpha value is -1.14. The molecule has 0 heterocycles. The van der Waals surface area contributed by atoms with Gasteiger partial charge in [-0.05, 0) is 6.92 Å². The van der Waals surface area contributed by atoms with Gasteiger partial charge in [-0.15, -0.1) is 0 Å². The molecule has 1 atom stereocenters. The van der Waals surface area contributed by atoms with Crippen LogP contribution >= 0.6 is 0 Å². The normalized spacial score (nSPS) is 12.1. The molecule has 1 unspecified atom stereocenters. The molecule has 0 spiro atoms. The first-order valence-electron chi connectivity index (χ1n) is 5.19. The summed E-state index contributed by atoms with van der Waals surface area (Å²) in [6.07, 6.45) is -0.671. The lowest BCUT2D eigenvalue weighted by atomic mass is 10.3. The quantitative estimate of drug-likeness (QED) is 0.629. The lowest BCUT2D eigenvalue weighted by Gasteiger charge is -2.25. The highest BCUT2D eigenvalue weighted by molar-refractivity contribution is 5.87. The second-order valence-corrected chi connectivity index (χ2v) is 3.60. The Kier molecular flexibility index (Phi) is 6.67. The molecule has 0 bridgehead atoms. The van der Waals surface area contributed by atoms with Gasteiger partial charge in [0.1, 0.15) is 6.10 Å². The Morgan fingerprint density at radius 2 is 1.94 bits per heavy atom. The standard InChI is InChI=1S/C10H21N3O3/c1-5-13(7-9(14)12(2)3)10(15)8(6-11)16-4/h8H,5-7,11H2,1-4H3. The molecule has 0 fully saturated rings. The fourth-order valence-electron chi connectivity index (χ4n) is 1.15. The van der Waals surface area contributed by atoms with Gasteiger partial charge in [0.15, 0.2) is 0 Å². The molecule has 6 heteroatoms. The molecule has 2 N–H and O–H groups in total. The maximum Gasteiger partial charge on any atom is 0.253 e. The van der Waals surface area contributed by atoms with Crippen molar-refractivity contribution in [2.75, 3.05) is 40.8 Å². The summed E-state index contributed by atoms with van der Waals surface area (Å²) in [7, 11) is 4.73. The van der Waals surface area contributed by atoms with E-state index in [0.29, 0.717) is 6.54 Å². The second kappa shape index (κ2) is 7.19. The van der Waals surface area contributed by atoms with E-state index >= 15 is 0 Å². The van der Waals surface area contributed by atoms with Crippen LogP contribution in [0, 0.1) is 0 Å². The predicted octanol–water partition coefficient (Wildman–Crippen LogP) is -1.10. The zero-order chi connectivity index (χ0) is 12.7. The Bertz CT molecular complexity index is 239. The van der Waals surface area contributed by atoms with Crippen LogP contribution in [-0.2, 0) is 14.3 Å². The molecule has 0 aliphatic heterocycles. The number of likely N-dealkylation sites (N-methyl/N-ethyl adjacent to an activating group) is 2. The molecule has 0 saturated carbocycles. The van der Waals surface area contributed by atoms with Crippen LogP contribution in [0.15, 0.2) is 0 Å². The summed E-state index contributed by atoms with van der Waals surface area (Å²) in [4.78, 5) is 26.2. The molecule has 0 radical (unpaired) electrons. The molecule has 2 amide bonds. The number of rotatable bonds is 6. The molecule has 0 rings (SSSR count). The molecule has 0 aliphatic carbocycles. The minimum Gasteiger partial charge on any atom is -0.370 e. The fourth-order valence-corrected chi connectivity index (χ4v) is 1.15. The van der Waals surface area contributed by atoms with Crippen molar-refractivity contribution in [3.63, 3.8) is 0 Å². The molecule has 0 aromatic rings. The Morgan fingerprint density at radius 3 is 2.25 bits per heavy atom. The smallest absolute Gasteiger partial charge is 0.253 e. The van der Waals surface area contributed by atoms with Gasteiger partial charge >= 0.3 is 0 Å². The summed E-state index contributed by atoms with van der Waals surface area (Å²) in [6.45, 7) is 2.44. The highest BCUT2D eigenvalue weighted by Gasteiger charge is 2.23. The lowest BCUT2D eigenvalue weighted by molar-refractivity contribution is -0.145. The van der Waals surface area contributed by atoms with Crippen LogP contribution in [0.3, 0.4) is 0 Å². The molecule has 0 aliphatic rings. The molecule has 0 aromatic carbocycles. The van der Waals surface area contributed by atoms with Crippen molar-refractivity contribution >= 4 is 11.8 Å². The minimum atomic E-state index is -0.671. The third-order valence-electron chi connectivity index (χ3n) is 2.29. The Balaban J connectivity index is 4.48. The molecule has 0 saturated heterocycles. The summed E-state index contributed by atoms with van der Waals surface area (Å²) in [6, 6.07) is 0. The van der Waals surface area contributed by atoms with Gasteiger partial charge in [0.05, 0.1) is 6.54 Å². The van der Waals surface area contributed by atoms with Crippen molar-refractivity contribution in [2.24, 2.45) is 5.73 Å². The summed E-state index contributed by atoms with van der Waals surface area (Å²) < 4.78 is 4.94. The van der Waals surface area contributed by atoms with E-state index in [-0.39, 0.29) is 24.9 Å². The number of carbonyl (C=O) groups is 2. The maximum absolute atomic E-state index is 11.8. The lowest BCUT2D eigenvalue weighted by Crippen LogP contribution is -2.47. The highest BCUT2D eigenvalue weighted by Crippen LogP contribution is 1.99. The van der Waals surface area contributed by atoms with Crippen LogP contribution in [0.25, 0.3) is 0 Å².